The Hall–Kier alpha value is -7.76. The summed E-state index contributed by atoms with van der Waals surface area (Å²) < 4.78 is 0. The van der Waals surface area contributed by atoms with Crippen LogP contribution in [0.15, 0.2) is 195 Å². The van der Waals surface area contributed by atoms with Gasteiger partial charge in [-0.2, -0.15) is 76.9 Å². The molecular weight excluding hydrogens is 1200 g/mol. The molecule has 12 aromatic rings. The first-order valence-electron chi connectivity index (χ1n) is 27.8. The smallest absolute Gasteiger partial charge is 0.348 e. The number of hydrogen-bond acceptors (Lipinski definition) is 4. The van der Waals surface area contributed by atoms with E-state index in [1.807, 2.05) is 127 Å². The minimum absolute atomic E-state index is 0. The van der Waals surface area contributed by atoms with Crippen LogP contribution in [0.4, 0.5) is 0 Å². The molecule has 0 saturated carbocycles. The van der Waals surface area contributed by atoms with Crippen molar-refractivity contribution in [2.24, 2.45) is 0 Å². The number of H-pyrrole nitrogens is 2. The summed E-state index contributed by atoms with van der Waals surface area (Å²) in [5, 5.41) is 12.8. The summed E-state index contributed by atoms with van der Waals surface area (Å²) in [6, 6.07) is 68.0. The summed E-state index contributed by atoms with van der Waals surface area (Å²) in [4.78, 5) is 15.7. The number of benzene rings is 8. The SMILES string of the molecule is Cc1cc(C)[nH]n1.Cc1cc[c-]cc1.Cc1cc[c-]cc1.Cc1ccc(C)c(C)c1.Cc1ccc(C)c(Cl)c1.Cc1ccc(C)c2ccccc12.Cc1ccc2nc(C)ccc2c1.Cc1ccc2ncc(C)cc2c1.Cc1nc[nH]c1C.[W+2]. The fourth-order valence-electron chi connectivity index (χ4n) is 7.82. The van der Waals surface area contributed by atoms with Gasteiger partial charge in [0.25, 0.3) is 0 Å². The molecule has 0 bridgehead atoms. The number of aromatic nitrogens is 6. The first kappa shape index (κ1) is 69.5. The molecule has 0 aliphatic heterocycles. The van der Waals surface area contributed by atoms with Crippen LogP contribution < -0.4 is 0 Å². The number of nitrogens with zero attached hydrogens (tertiary/aromatic N) is 4. The number of nitrogens with one attached hydrogen (secondary N) is 2. The molecule has 0 aliphatic carbocycles. The zero-order chi connectivity index (χ0) is 60.1. The fraction of sp³-hybridized carbons (Fsp3) is 0.227. The maximum atomic E-state index is 5.81. The van der Waals surface area contributed by atoms with Gasteiger partial charge in [0.15, 0.2) is 0 Å². The number of imidazole rings is 1. The maximum absolute atomic E-state index is 5.81. The van der Waals surface area contributed by atoms with Crippen LogP contribution in [0, 0.1) is 130 Å². The van der Waals surface area contributed by atoms with Crippen LogP contribution in [0.5, 0.6) is 0 Å². The van der Waals surface area contributed by atoms with Gasteiger partial charge in [0.2, 0.25) is 0 Å². The van der Waals surface area contributed by atoms with Gasteiger partial charge in [-0.1, -0.05) is 127 Å². The molecule has 8 aromatic carbocycles. The second kappa shape index (κ2) is 36.6. The molecule has 12 rings (SSSR count). The minimum Gasteiger partial charge on any atom is -0.348 e. The minimum atomic E-state index is 0. The van der Waals surface area contributed by atoms with E-state index in [1.54, 1.807) is 6.33 Å². The van der Waals surface area contributed by atoms with Crippen molar-refractivity contribution in [2.75, 3.05) is 0 Å². The molecule has 83 heavy (non-hydrogen) atoms. The molecule has 0 radical (unpaired) electrons. The van der Waals surface area contributed by atoms with E-state index in [0.717, 1.165) is 50.1 Å². The van der Waals surface area contributed by atoms with E-state index in [9.17, 15) is 0 Å². The molecule has 0 atom stereocenters. The van der Waals surface area contributed by atoms with Crippen LogP contribution in [0.3, 0.4) is 0 Å². The second-order valence-corrected chi connectivity index (χ2v) is 21.3. The quantitative estimate of drug-likeness (QED) is 0.148. The number of aromatic amines is 2. The van der Waals surface area contributed by atoms with Crippen LogP contribution in [-0.4, -0.2) is 30.1 Å². The number of halogens is 1. The summed E-state index contributed by atoms with van der Waals surface area (Å²) in [6.07, 6.45) is 3.60. The molecule has 0 unspecified atom stereocenters. The first-order chi connectivity index (χ1) is 39.1. The molecule has 0 fully saturated rings. The number of pyridine rings is 2. The van der Waals surface area contributed by atoms with Gasteiger partial charge in [-0.15, -0.1) is 0 Å². The van der Waals surface area contributed by atoms with Crippen molar-refractivity contribution in [3.05, 3.63) is 307 Å². The molecule has 6 nitrogen and oxygen atoms in total. The van der Waals surface area contributed by atoms with E-state index in [0.29, 0.717) is 0 Å². The van der Waals surface area contributed by atoms with Crippen molar-refractivity contribution in [1.82, 2.24) is 30.1 Å². The van der Waals surface area contributed by atoms with Gasteiger partial charge >= 0.3 is 21.1 Å². The Balaban J connectivity index is 0.000000247. The number of fused-ring (bicyclic) bond motifs is 3. The Morgan fingerprint density at radius 3 is 1.28 bits per heavy atom. The van der Waals surface area contributed by atoms with Crippen LogP contribution in [0.2, 0.25) is 5.02 Å². The molecule has 8 heteroatoms. The van der Waals surface area contributed by atoms with Crippen molar-refractivity contribution >= 4 is 44.2 Å². The molecule has 4 heterocycles. The summed E-state index contributed by atoms with van der Waals surface area (Å²) in [6.45, 7) is 35.1. The predicted molar refractivity (Wildman–Crippen MR) is 354 cm³/mol. The topological polar surface area (TPSA) is 83.1 Å². The van der Waals surface area contributed by atoms with Crippen molar-refractivity contribution in [3.63, 3.8) is 0 Å². The average molecular weight is 1290 g/mol. The molecule has 428 valence electrons. The molecule has 0 amide bonds. The zero-order valence-corrected chi connectivity index (χ0v) is 55.7. The van der Waals surface area contributed by atoms with Crippen molar-refractivity contribution in [1.29, 1.82) is 0 Å². The Labute approximate surface area is 516 Å². The maximum Gasteiger partial charge on any atom is 2.00 e. The summed E-state index contributed by atoms with van der Waals surface area (Å²) in [7, 11) is 0. The van der Waals surface area contributed by atoms with Gasteiger partial charge in [0, 0.05) is 39.1 Å². The van der Waals surface area contributed by atoms with Gasteiger partial charge in [-0.25, -0.2) is 4.98 Å². The third kappa shape index (κ3) is 26.4. The van der Waals surface area contributed by atoms with E-state index >= 15 is 0 Å². The molecule has 4 aromatic heterocycles. The van der Waals surface area contributed by atoms with Crippen molar-refractivity contribution < 1.29 is 21.1 Å². The zero-order valence-electron chi connectivity index (χ0n) is 52.1. The number of aryl methyl sites for hydroxylation is 17. The van der Waals surface area contributed by atoms with Gasteiger partial charge < -0.3 is 4.98 Å². The fourth-order valence-corrected chi connectivity index (χ4v) is 8.05. The Kier molecular flexibility index (Phi) is 30.7. The predicted octanol–water partition coefficient (Wildman–Crippen LogP) is 20.4. The number of hydrogen-bond donors (Lipinski definition) is 2. The Morgan fingerprint density at radius 1 is 0.386 bits per heavy atom. The third-order valence-corrected chi connectivity index (χ3v) is 13.4. The van der Waals surface area contributed by atoms with E-state index in [2.05, 4.69) is 221 Å². The first-order valence-corrected chi connectivity index (χ1v) is 28.2. The summed E-state index contributed by atoms with van der Waals surface area (Å²) >= 11 is 5.81. The molecule has 0 saturated heterocycles. The Morgan fingerprint density at radius 2 is 0.867 bits per heavy atom. The summed E-state index contributed by atoms with van der Waals surface area (Å²) in [5.74, 6) is 0. The molecular formula is C75H85ClN6W. The van der Waals surface area contributed by atoms with Gasteiger partial charge in [0.05, 0.1) is 28.7 Å². The van der Waals surface area contributed by atoms with Crippen LogP contribution in [-0.2, 0) is 21.1 Å². The van der Waals surface area contributed by atoms with E-state index in [-0.39, 0.29) is 21.1 Å². The number of rotatable bonds is 0. The van der Waals surface area contributed by atoms with E-state index in [1.165, 1.54) is 82.7 Å². The van der Waals surface area contributed by atoms with Crippen molar-refractivity contribution in [3.8, 4) is 0 Å². The van der Waals surface area contributed by atoms with Crippen LogP contribution >= 0.6 is 11.6 Å². The molecule has 0 spiro atoms. The largest absolute Gasteiger partial charge is 2.00 e. The van der Waals surface area contributed by atoms with Crippen molar-refractivity contribution in [2.45, 2.75) is 118 Å². The Bertz CT molecular complexity index is 3570. The van der Waals surface area contributed by atoms with Gasteiger partial charge in [-0.05, 0) is 202 Å². The van der Waals surface area contributed by atoms with Crippen LogP contribution in [0.25, 0.3) is 32.6 Å². The average Bonchev–Trinajstić information content (AvgIpc) is 4.04. The normalized spacial score (nSPS) is 9.71. The van der Waals surface area contributed by atoms with Gasteiger partial charge in [0.1, 0.15) is 0 Å². The standard InChI is InChI=1S/C12H12.2C11H11N.C9H12.C8H9Cl.2C7H7.2C5H8N2.W/c1-9-7-8-10(2)12-6-4-3-5-11(9)12;1-8-3-6-11-10(7-8)5-4-9(2)12-11;1-8-3-4-11-10(5-8)6-9(2)7-12-11;1-7-4-5-8(2)9(3)6-7;1-6-3-4-7(2)8(9)5-6;2*1-7-5-3-2-4-6-7;1-4-5(2)7-3-6-4;1-4-3-5(2)7-6-4;/h3-8H,1-2H3;2*3-7H,1-2H3;4-6H,1-3H3;3-5H,1-2H3;2*3-6H,1H3;2*3H,1-2H3,(H,6,7);/q;;;;;2*-1;;;+2. The van der Waals surface area contributed by atoms with E-state index < -0.39 is 0 Å². The molecule has 2 N–H and O–H groups in total. The summed E-state index contributed by atoms with van der Waals surface area (Å²) in [5.41, 5.74) is 23.2. The van der Waals surface area contributed by atoms with E-state index in [4.69, 9.17) is 11.6 Å². The van der Waals surface area contributed by atoms with Gasteiger partial charge in [-0.3, -0.25) is 15.1 Å². The molecule has 0 aliphatic rings. The monoisotopic (exact) mass is 1290 g/mol. The second-order valence-electron chi connectivity index (χ2n) is 20.9. The van der Waals surface area contributed by atoms with Crippen LogP contribution in [0.1, 0.15) is 95.2 Å². The third-order valence-electron chi connectivity index (χ3n) is 13.0.